The molecule has 0 aromatic carbocycles. The molecule has 0 aliphatic carbocycles. The Kier molecular flexibility index (Phi) is 4.82. The van der Waals surface area contributed by atoms with E-state index < -0.39 is 15.9 Å². The van der Waals surface area contributed by atoms with Gasteiger partial charge in [0.2, 0.25) is 11.8 Å². The highest BCUT2D eigenvalue weighted by atomic mass is 32.2. The number of ether oxygens (including phenoxy) is 2. The van der Waals surface area contributed by atoms with Crippen molar-refractivity contribution in [2.24, 2.45) is 5.84 Å². The van der Waals surface area contributed by atoms with Crippen molar-refractivity contribution in [3.8, 4) is 11.8 Å². The van der Waals surface area contributed by atoms with Gasteiger partial charge in [-0.25, -0.2) is 13.4 Å². The molecule has 1 heterocycles. The van der Waals surface area contributed by atoms with Crippen molar-refractivity contribution in [3.05, 3.63) is 11.9 Å². The summed E-state index contributed by atoms with van der Waals surface area (Å²) in [5, 5.41) is 0. The molecule has 1 aromatic rings. The standard InChI is InChI=1S/C9H16N4O4S/c1-16-7-4-11-8(9(12-7)17-2)6(13-10)5-18(3,14)15/h4,6,13H,5,10H2,1-3H3. The Hall–Kier alpha value is -1.45. The Morgan fingerprint density at radius 1 is 1.44 bits per heavy atom. The SMILES string of the molecule is COc1cnc(C(CS(C)(=O)=O)NN)c(OC)n1. The number of aromatic nitrogens is 2. The number of hydrazine groups is 1. The molecule has 0 radical (unpaired) electrons. The Bertz CT molecular complexity index is 505. The van der Waals surface area contributed by atoms with Crippen molar-refractivity contribution in [2.75, 3.05) is 26.2 Å². The number of nitrogens with zero attached hydrogens (tertiary/aromatic N) is 2. The maximum Gasteiger partial charge on any atom is 0.240 e. The molecule has 102 valence electrons. The van der Waals surface area contributed by atoms with Crippen LogP contribution in [0.25, 0.3) is 0 Å². The Morgan fingerprint density at radius 2 is 2.11 bits per heavy atom. The van der Waals surface area contributed by atoms with Crippen molar-refractivity contribution >= 4 is 9.84 Å². The number of nitrogens with one attached hydrogen (secondary N) is 1. The van der Waals surface area contributed by atoms with Gasteiger partial charge < -0.3 is 9.47 Å². The monoisotopic (exact) mass is 276 g/mol. The van der Waals surface area contributed by atoms with Gasteiger partial charge in [-0.1, -0.05) is 0 Å². The quantitative estimate of drug-likeness (QED) is 0.504. The highest BCUT2D eigenvalue weighted by Crippen LogP contribution is 2.23. The lowest BCUT2D eigenvalue weighted by Gasteiger charge is -2.16. The van der Waals surface area contributed by atoms with Crippen LogP contribution in [0.4, 0.5) is 0 Å². The lowest BCUT2D eigenvalue weighted by atomic mass is 10.2. The highest BCUT2D eigenvalue weighted by Gasteiger charge is 2.22. The van der Waals surface area contributed by atoms with Crippen LogP contribution in [-0.4, -0.2) is 44.6 Å². The van der Waals surface area contributed by atoms with Gasteiger partial charge >= 0.3 is 0 Å². The summed E-state index contributed by atoms with van der Waals surface area (Å²) in [7, 11) is -0.375. The molecule has 0 aliphatic rings. The van der Waals surface area contributed by atoms with E-state index in [1.807, 2.05) is 0 Å². The van der Waals surface area contributed by atoms with Crippen LogP contribution in [0.2, 0.25) is 0 Å². The molecule has 0 bridgehead atoms. The topological polar surface area (TPSA) is 116 Å². The minimum Gasteiger partial charge on any atom is -0.480 e. The van der Waals surface area contributed by atoms with Crippen LogP contribution >= 0.6 is 0 Å². The molecule has 0 spiro atoms. The number of nitrogens with two attached hydrogens (primary N) is 1. The van der Waals surface area contributed by atoms with Crippen molar-refractivity contribution in [1.29, 1.82) is 0 Å². The van der Waals surface area contributed by atoms with Gasteiger partial charge in [-0.3, -0.25) is 11.3 Å². The predicted octanol–water partition coefficient (Wildman–Crippen LogP) is -0.957. The van der Waals surface area contributed by atoms with Crippen LogP contribution in [-0.2, 0) is 9.84 Å². The second-order valence-corrected chi connectivity index (χ2v) is 5.80. The smallest absolute Gasteiger partial charge is 0.240 e. The highest BCUT2D eigenvalue weighted by molar-refractivity contribution is 7.90. The summed E-state index contributed by atoms with van der Waals surface area (Å²) in [5.41, 5.74) is 2.70. The molecular formula is C9H16N4O4S. The molecule has 1 unspecified atom stereocenters. The molecule has 0 saturated carbocycles. The number of sulfone groups is 1. The first-order valence-electron chi connectivity index (χ1n) is 5.00. The number of hydrogen-bond donors (Lipinski definition) is 2. The zero-order valence-electron chi connectivity index (χ0n) is 10.4. The van der Waals surface area contributed by atoms with E-state index in [2.05, 4.69) is 15.4 Å². The molecular weight excluding hydrogens is 260 g/mol. The summed E-state index contributed by atoms with van der Waals surface area (Å²) in [4.78, 5) is 8.07. The van der Waals surface area contributed by atoms with Gasteiger partial charge in [0.25, 0.3) is 0 Å². The van der Waals surface area contributed by atoms with E-state index in [1.54, 1.807) is 0 Å². The molecule has 1 aromatic heterocycles. The van der Waals surface area contributed by atoms with Crippen LogP contribution in [0.3, 0.4) is 0 Å². The van der Waals surface area contributed by atoms with Crippen LogP contribution in [0.5, 0.6) is 11.8 Å². The summed E-state index contributed by atoms with van der Waals surface area (Å²) in [5.74, 6) is 5.57. The van der Waals surface area contributed by atoms with Crippen molar-refractivity contribution < 1.29 is 17.9 Å². The fourth-order valence-corrected chi connectivity index (χ4v) is 2.22. The van der Waals surface area contributed by atoms with Gasteiger partial charge in [0.05, 0.1) is 32.2 Å². The number of rotatable bonds is 6. The first kappa shape index (κ1) is 14.6. The Morgan fingerprint density at radius 3 is 2.56 bits per heavy atom. The summed E-state index contributed by atoms with van der Waals surface area (Å²) in [6.07, 6.45) is 2.48. The molecule has 8 nitrogen and oxygen atoms in total. The zero-order chi connectivity index (χ0) is 13.8. The Labute approximate surface area is 105 Å². The van der Waals surface area contributed by atoms with Crippen LogP contribution in [0.15, 0.2) is 6.20 Å². The summed E-state index contributed by atoms with van der Waals surface area (Å²) < 4.78 is 32.5. The van der Waals surface area contributed by atoms with E-state index in [-0.39, 0.29) is 17.5 Å². The molecule has 0 aliphatic heterocycles. The lowest BCUT2D eigenvalue weighted by molar-refractivity contribution is 0.351. The second kappa shape index (κ2) is 5.94. The normalized spacial score (nSPS) is 13.1. The maximum atomic E-state index is 11.3. The number of hydrogen-bond acceptors (Lipinski definition) is 8. The van der Waals surface area contributed by atoms with Gasteiger partial charge in [0.15, 0.2) is 0 Å². The maximum absolute atomic E-state index is 11.3. The average Bonchev–Trinajstić information content (AvgIpc) is 2.34. The van der Waals surface area contributed by atoms with Gasteiger partial charge in [0.1, 0.15) is 15.5 Å². The van der Waals surface area contributed by atoms with Crippen LogP contribution in [0.1, 0.15) is 11.7 Å². The van der Waals surface area contributed by atoms with Gasteiger partial charge in [-0.15, -0.1) is 0 Å². The van der Waals surface area contributed by atoms with E-state index >= 15 is 0 Å². The van der Waals surface area contributed by atoms with Gasteiger partial charge in [-0.2, -0.15) is 4.98 Å². The average molecular weight is 276 g/mol. The van der Waals surface area contributed by atoms with Crippen molar-refractivity contribution in [1.82, 2.24) is 15.4 Å². The predicted molar refractivity (Wildman–Crippen MR) is 64.9 cm³/mol. The minimum atomic E-state index is -3.22. The van der Waals surface area contributed by atoms with Gasteiger partial charge in [-0.05, 0) is 0 Å². The molecule has 0 saturated heterocycles. The molecule has 0 fully saturated rings. The lowest BCUT2D eigenvalue weighted by Crippen LogP contribution is -2.34. The summed E-state index contributed by atoms with van der Waals surface area (Å²) >= 11 is 0. The number of methoxy groups -OCH3 is 2. The summed E-state index contributed by atoms with van der Waals surface area (Å²) in [6.45, 7) is 0. The molecule has 3 N–H and O–H groups in total. The molecule has 9 heteroatoms. The fourth-order valence-electron chi connectivity index (χ4n) is 1.36. The molecule has 1 rings (SSSR count). The van der Waals surface area contributed by atoms with E-state index in [0.29, 0.717) is 5.69 Å². The van der Waals surface area contributed by atoms with E-state index in [9.17, 15) is 8.42 Å². The minimum absolute atomic E-state index is 0.168. The van der Waals surface area contributed by atoms with Crippen molar-refractivity contribution in [3.63, 3.8) is 0 Å². The fraction of sp³-hybridized carbons (Fsp3) is 0.556. The van der Waals surface area contributed by atoms with Crippen molar-refractivity contribution in [2.45, 2.75) is 6.04 Å². The van der Waals surface area contributed by atoms with E-state index in [4.69, 9.17) is 15.3 Å². The zero-order valence-corrected chi connectivity index (χ0v) is 11.2. The summed E-state index contributed by atoms with van der Waals surface area (Å²) in [6, 6.07) is -0.701. The third kappa shape index (κ3) is 3.79. The van der Waals surface area contributed by atoms with Crippen LogP contribution in [0, 0.1) is 0 Å². The van der Waals surface area contributed by atoms with E-state index in [1.165, 1.54) is 20.4 Å². The molecule has 18 heavy (non-hydrogen) atoms. The van der Waals surface area contributed by atoms with E-state index in [0.717, 1.165) is 6.26 Å². The second-order valence-electron chi connectivity index (χ2n) is 3.62. The third-order valence-corrected chi connectivity index (χ3v) is 3.09. The first-order chi connectivity index (χ1) is 8.41. The van der Waals surface area contributed by atoms with Crippen LogP contribution < -0.4 is 20.7 Å². The largest absolute Gasteiger partial charge is 0.480 e. The Balaban J connectivity index is 3.12. The molecule has 1 atom stereocenters. The first-order valence-corrected chi connectivity index (χ1v) is 7.06. The van der Waals surface area contributed by atoms with Gasteiger partial charge in [0, 0.05) is 6.26 Å². The molecule has 0 amide bonds. The third-order valence-electron chi connectivity index (χ3n) is 2.15.